The third-order valence-electron chi connectivity index (χ3n) is 2.46. The van der Waals surface area contributed by atoms with E-state index in [2.05, 4.69) is 24.0 Å². The highest BCUT2D eigenvalue weighted by atomic mass is 32.1. The Morgan fingerprint density at radius 2 is 1.58 bits per heavy atom. The van der Waals surface area contributed by atoms with Crippen LogP contribution in [0.5, 0.6) is 0 Å². The third-order valence-corrected chi connectivity index (χ3v) is 2.83. The van der Waals surface area contributed by atoms with Crippen molar-refractivity contribution in [1.82, 2.24) is 15.8 Å². The molecule has 0 unspecified atom stereocenters. The van der Waals surface area contributed by atoms with Crippen LogP contribution < -0.4 is 10.9 Å². The van der Waals surface area contributed by atoms with E-state index in [1.54, 1.807) is 18.2 Å². The zero-order chi connectivity index (χ0) is 21.1. The number of benzene rings is 1. The van der Waals surface area contributed by atoms with Gasteiger partial charge in [-0.3, -0.25) is 25.3 Å². The SMILES string of the molecule is C=C.CC.CC.Cc1ccc(C(=O)N(C)C(=S)NNC(=O)CC#N)cc1. The van der Waals surface area contributed by atoms with Crippen LogP contribution in [0.25, 0.3) is 0 Å². The Balaban J connectivity index is -0.000000795. The number of nitrogens with zero attached hydrogens (tertiary/aromatic N) is 2. The van der Waals surface area contributed by atoms with Crippen molar-refractivity contribution >= 4 is 29.1 Å². The first-order valence-electron chi connectivity index (χ1n) is 8.26. The van der Waals surface area contributed by atoms with Crippen molar-refractivity contribution in [1.29, 1.82) is 5.26 Å². The number of aryl methyl sites for hydroxylation is 1. The van der Waals surface area contributed by atoms with Gasteiger partial charge >= 0.3 is 0 Å². The summed E-state index contributed by atoms with van der Waals surface area (Å²) in [4.78, 5) is 24.4. The highest BCUT2D eigenvalue weighted by molar-refractivity contribution is 7.80. The Morgan fingerprint density at radius 1 is 1.12 bits per heavy atom. The van der Waals surface area contributed by atoms with Crippen LogP contribution in [-0.4, -0.2) is 28.9 Å². The first-order valence-corrected chi connectivity index (χ1v) is 8.67. The molecule has 0 bridgehead atoms. The molecule has 1 rings (SSSR count). The van der Waals surface area contributed by atoms with E-state index < -0.39 is 5.91 Å². The Bertz CT molecular complexity index is 580. The second-order valence-corrected chi connectivity index (χ2v) is 4.43. The summed E-state index contributed by atoms with van der Waals surface area (Å²) in [6, 6.07) is 8.75. The molecule has 26 heavy (non-hydrogen) atoms. The molecule has 0 fully saturated rings. The van der Waals surface area contributed by atoms with Gasteiger partial charge in [-0.25, -0.2) is 0 Å². The fourth-order valence-corrected chi connectivity index (χ4v) is 1.44. The molecule has 0 spiro atoms. The second-order valence-electron chi connectivity index (χ2n) is 4.04. The van der Waals surface area contributed by atoms with Crippen LogP contribution >= 0.6 is 12.2 Å². The maximum atomic E-state index is 12.1. The lowest BCUT2D eigenvalue weighted by Crippen LogP contribution is -2.49. The second kappa shape index (κ2) is 18.6. The Kier molecular flexibility index (Phi) is 20.1. The van der Waals surface area contributed by atoms with E-state index in [4.69, 9.17) is 17.5 Å². The number of carbonyl (C=O) groups is 2. The van der Waals surface area contributed by atoms with Crippen LogP contribution in [0.15, 0.2) is 37.4 Å². The van der Waals surface area contributed by atoms with Crippen LogP contribution in [0.4, 0.5) is 0 Å². The Morgan fingerprint density at radius 3 is 2.00 bits per heavy atom. The molecule has 0 saturated carbocycles. The molecule has 144 valence electrons. The first kappa shape index (κ1) is 28.1. The molecule has 2 N–H and O–H groups in total. The lowest BCUT2D eigenvalue weighted by molar-refractivity contribution is -0.120. The van der Waals surface area contributed by atoms with E-state index in [-0.39, 0.29) is 17.4 Å². The average Bonchev–Trinajstić information content (AvgIpc) is 2.70. The topological polar surface area (TPSA) is 85.2 Å². The van der Waals surface area contributed by atoms with Crippen molar-refractivity contribution in [2.45, 2.75) is 41.0 Å². The fraction of sp³-hybridized carbons (Fsp3) is 0.368. The molecule has 0 aliphatic carbocycles. The standard InChI is InChI=1S/C13H14N4O2S.2C2H6.C2H4/c1-9-3-5-10(6-4-9)12(19)17(2)13(20)16-15-11(18)7-8-14;3*1-2/h3-6H,7H2,1-2H3,(H,15,18)(H,16,20);2*1-2H3;1-2H2. The van der Waals surface area contributed by atoms with Gasteiger partial charge in [0.15, 0.2) is 5.11 Å². The van der Waals surface area contributed by atoms with Crippen molar-refractivity contribution in [3.63, 3.8) is 0 Å². The van der Waals surface area contributed by atoms with Gasteiger partial charge in [-0.05, 0) is 31.3 Å². The van der Waals surface area contributed by atoms with Gasteiger partial charge in [-0.1, -0.05) is 45.4 Å². The molecule has 7 heteroatoms. The smallest absolute Gasteiger partial charge is 0.259 e. The predicted molar refractivity (Wildman–Crippen MR) is 111 cm³/mol. The number of rotatable bonds is 2. The minimum absolute atomic E-state index is 0.0434. The summed E-state index contributed by atoms with van der Waals surface area (Å²) in [5.41, 5.74) is 6.19. The van der Waals surface area contributed by atoms with Crippen LogP contribution in [-0.2, 0) is 4.79 Å². The molecular weight excluding hydrogens is 348 g/mol. The molecule has 2 amide bonds. The zero-order valence-electron chi connectivity index (χ0n) is 16.5. The highest BCUT2D eigenvalue weighted by Gasteiger charge is 2.15. The van der Waals surface area contributed by atoms with Gasteiger partial charge in [-0.15, -0.1) is 13.2 Å². The van der Waals surface area contributed by atoms with Crippen molar-refractivity contribution in [3.05, 3.63) is 48.6 Å². The van der Waals surface area contributed by atoms with Crippen molar-refractivity contribution in [3.8, 4) is 6.07 Å². The average molecular weight is 379 g/mol. The number of hydrazine groups is 1. The quantitative estimate of drug-likeness (QED) is 0.465. The molecule has 0 heterocycles. The normalized spacial score (nSPS) is 7.73. The lowest BCUT2D eigenvalue weighted by Gasteiger charge is -2.19. The first-order chi connectivity index (χ1) is 12.5. The van der Waals surface area contributed by atoms with Gasteiger partial charge in [0.1, 0.15) is 6.42 Å². The third kappa shape index (κ3) is 11.8. The molecule has 6 nitrogen and oxygen atoms in total. The van der Waals surface area contributed by atoms with Gasteiger partial charge in [0.25, 0.3) is 11.8 Å². The summed E-state index contributed by atoms with van der Waals surface area (Å²) in [5.74, 6) is -0.817. The number of carbonyl (C=O) groups excluding carboxylic acids is 2. The van der Waals surface area contributed by atoms with Crippen LogP contribution in [0.1, 0.15) is 50.0 Å². The van der Waals surface area contributed by atoms with Crippen molar-refractivity contribution in [2.75, 3.05) is 7.05 Å². The van der Waals surface area contributed by atoms with Crippen LogP contribution in [0.3, 0.4) is 0 Å². The van der Waals surface area contributed by atoms with E-state index in [0.717, 1.165) is 5.56 Å². The molecule has 0 aliphatic rings. The summed E-state index contributed by atoms with van der Waals surface area (Å²) in [6.45, 7) is 15.9. The number of nitrogens with one attached hydrogen (secondary N) is 2. The number of hydrogen-bond acceptors (Lipinski definition) is 4. The highest BCUT2D eigenvalue weighted by Crippen LogP contribution is 2.06. The molecule has 1 aromatic rings. The zero-order valence-corrected chi connectivity index (χ0v) is 17.4. The van der Waals surface area contributed by atoms with Crippen molar-refractivity contribution < 1.29 is 9.59 Å². The maximum absolute atomic E-state index is 12.1. The minimum atomic E-state index is -0.522. The van der Waals surface area contributed by atoms with E-state index >= 15 is 0 Å². The fourth-order valence-electron chi connectivity index (χ4n) is 1.31. The van der Waals surface area contributed by atoms with E-state index in [9.17, 15) is 9.59 Å². The molecule has 0 atom stereocenters. The van der Waals surface area contributed by atoms with Gasteiger partial charge in [0.05, 0.1) is 6.07 Å². The monoisotopic (exact) mass is 378 g/mol. The van der Waals surface area contributed by atoms with Gasteiger partial charge in [0.2, 0.25) is 0 Å². The van der Waals surface area contributed by atoms with E-state index in [1.165, 1.54) is 11.9 Å². The summed E-state index contributed by atoms with van der Waals surface area (Å²) in [5, 5.41) is 8.38. The Hall–Kier alpha value is -2.72. The van der Waals surface area contributed by atoms with Gasteiger partial charge in [0, 0.05) is 12.6 Å². The molecular formula is C19H30N4O2S. The van der Waals surface area contributed by atoms with Crippen molar-refractivity contribution in [2.24, 2.45) is 0 Å². The summed E-state index contributed by atoms with van der Waals surface area (Å²) < 4.78 is 0. The summed E-state index contributed by atoms with van der Waals surface area (Å²) in [6.07, 6.45) is -0.286. The number of hydrogen-bond donors (Lipinski definition) is 2. The van der Waals surface area contributed by atoms with Gasteiger partial charge in [-0.2, -0.15) is 5.26 Å². The molecule has 1 aromatic carbocycles. The minimum Gasteiger partial charge on any atom is -0.287 e. The van der Waals surface area contributed by atoms with E-state index in [1.807, 2.05) is 46.8 Å². The summed E-state index contributed by atoms with van der Waals surface area (Å²) >= 11 is 4.98. The van der Waals surface area contributed by atoms with Crippen LogP contribution in [0.2, 0.25) is 0 Å². The number of nitriles is 1. The number of thiocarbonyl (C=S) groups is 1. The molecule has 0 aromatic heterocycles. The molecule has 0 radical (unpaired) electrons. The molecule has 0 aliphatic heterocycles. The largest absolute Gasteiger partial charge is 0.287 e. The van der Waals surface area contributed by atoms with Crippen LogP contribution in [0, 0.1) is 18.3 Å². The Labute approximate surface area is 162 Å². The summed E-state index contributed by atoms with van der Waals surface area (Å²) in [7, 11) is 1.49. The predicted octanol–water partition coefficient (Wildman–Crippen LogP) is 3.74. The number of amides is 2. The van der Waals surface area contributed by atoms with Gasteiger partial charge < -0.3 is 0 Å². The molecule has 0 saturated heterocycles. The van der Waals surface area contributed by atoms with E-state index in [0.29, 0.717) is 5.56 Å². The lowest BCUT2D eigenvalue weighted by atomic mass is 10.1. The maximum Gasteiger partial charge on any atom is 0.259 e.